The highest BCUT2D eigenvalue weighted by atomic mass is 32.1. The van der Waals surface area contributed by atoms with E-state index in [1.165, 1.54) is 6.26 Å². The molecule has 0 aliphatic heterocycles. The van der Waals surface area contributed by atoms with Crippen molar-refractivity contribution in [3.05, 3.63) is 106 Å². The van der Waals surface area contributed by atoms with Crippen LogP contribution in [0.5, 0.6) is 5.75 Å². The van der Waals surface area contributed by atoms with E-state index in [0.717, 1.165) is 21.8 Å². The van der Waals surface area contributed by atoms with Crippen molar-refractivity contribution < 1.29 is 18.7 Å². The smallest absolute Gasteiger partial charge is 0.291 e. The van der Waals surface area contributed by atoms with Crippen LogP contribution < -0.4 is 10.1 Å². The highest BCUT2D eigenvalue weighted by Crippen LogP contribution is 2.25. The van der Waals surface area contributed by atoms with Crippen LogP contribution in [0.15, 0.2) is 82.8 Å². The molecule has 33 heavy (non-hydrogen) atoms. The Bertz CT molecular complexity index is 1230. The van der Waals surface area contributed by atoms with Gasteiger partial charge in [-0.3, -0.25) is 9.59 Å². The van der Waals surface area contributed by atoms with Crippen LogP contribution >= 0.6 is 11.3 Å². The van der Waals surface area contributed by atoms with Crippen molar-refractivity contribution in [2.45, 2.75) is 20.0 Å². The molecule has 4 rings (SSSR count). The maximum atomic E-state index is 13.6. The molecule has 0 saturated heterocycles. The van der Waals surface area contributed by atoms with Crippen molar-refractivity contribution >= 4 is 28.8 Å². The maximum absolute atomic E-state index is 13.6. The summed E-state index contributed by atoms with van der Waals surface area (Å²) in [4.78, 5) is 28.9. The molecule has 2 amide bonds. The number of thiophene rings is 1. The van der Waals surface area contributed by atoms with E-state index >= 15 is 0 Å². The zero-order valence-electron chi connectivity index (χ0n) is 18.4. The van der Waals surface area contributed by atoms with Crippen LogP contribution in [0.25, 0.3) is 0 Å². The number of benzene rings is 2. The molecular formula is C26H24N2O4S. The van der Waals surface area contributed by atoms with Crippen LogP contribution in [-0.2, 0) is 13.1 Å². The van der Waals surface area contributed by atoms with Gasteiger partial charge in [-0.15, -0.1) is 11.3 Å². The second-order valence-electron chi connectivity index (χ2n) is 7.51. The van der Waals surface area contributed by atoms with Gasteiger partial charge in [0.2, 0.25) is 0 Å². The van der Waals surface area contributed by atoms with E-state index < -0.39 is 0 Å². The third-order valence-electron chi connectivity index (χ3n) is 5.25. The van der Waals surface area contributed by atoms with Crippen molar-refractivity contribution in [3.8, 4) is 5.75 Å². The molecule has 0 saturated carbocycles. The molecule has 4 aromatic rings. The highest BCUT2D eigenvalue weighted by Gasteiger charge is 2.20. The lowest BCUT2D eigenvalue weighted by Crippen LogP contribution is -2.30. The fourth-order valence-corrected chi connectivity index (χ4v) is 4.21. The SMILES string of the molecule is COc1ccccc1CN(Cc1cccs1)C(=O)c1ccc(C)c(NC(=O)c2ccco2)c1. The first kappa shape index (κ1) is 22.4. The standard InChI is InChI=1S/C26H24N2O4S/c1-18-11-12-19(15-22(18)27-25(29)24-10-5-13-32-24)26(30)28(17-21-8-6-14-33-21)16-20-7-3-4-9-23(20)31-2/h3-15H,16-17H2,1-2H3,(H,27,29). The molecule has 6 nitrogen and oxygen atoms in total. The van der Waals surface area contributed by atoms with E-state index in [-0.39, 0.29) is 17.6 Å². The minimum atomic E-state index is -0.364. The summed E-state index contributed by atoms with van der Waals surface area (Å²) in [6.07, 6.45) is 1.45. The number of carbonyl (C=O) groups excluding carboxylic acids is 2. The molecule has 7 heteroatoms. The zero-order chi connectivity index (χ0) is 23.2. The number of ether oxygens (including phenoxy) is 1. The van der Waals surface area contributed by atoms with E-state index in [1.807, 2.05) is 54.8 Å². The van der Waals surface area contributed by atoms with Gasteiger partial charge in [-0.2, -0.15) is 0 Å². The van der Waals surface area contributed by atoms with E-state index in [0.29, 0.717) is 24.3 Å². The highest BCUT2D eigenvalue weighted by molar-refractivity contribution is 7.09. The van der Waals surface area contributed by atoms with Crippen LogP contribution in [0.1, 0.15) is 36.9 Å². The summed E-state index contributed by atoms with van der Waals surface area (Å²) in [6, 6.07) is 20.2. The summed E-state index contributed by atoms with van der Waals surface area (Å²) in [7, 11) is 1.62. The topological polar surface area (TPSA) is 71.8 Å². The first-order valence-electron chi connectivity index (χ1n) is 10.4. The first-order chi connectivity index (χ1) is 16.0. The van der Waals surface area contributed by atoms with Gasteiger partial charge in [-0.1, -0.05) is 30.3 Å². The monoisotopic (exact) mass is 460 g/mol. The number of para-hydroxylation sites is 1. The van der Waals surface area contributed by atoms with Gasteiger partial charge in [0.15, 0.2) is 5.76 Å². The van der Waals surface area contributed by atoms with Crippen LogP contribution in [0.3, 0.4) is 0 Å². The van der Waals surface area contributed by atoms with Crippen molar-refractivity contribution in [2.75, 3.05) is 12.4 Å². The summed E-state index contributed by atoms with van der Waals surface area (Å²) < 4.78 is 10.7. The number of rotatable bonds is 8. The zero-order valence-corrected chi connectivity index (χ0v) is 19.2. The minimum Gasteiger partial charge on any atom is -0.496 e. The number of methoxy groups -OCH3 is 1. The lowest BCUT2D eigenvalue weighted by molar-refractivity contribution is 0.0730. The Labute approximate surface area is 196 Å². The average molecular weight is 461 g/mol. The number of nitrogens with zero attached hydrogens (tertiary/aromatic N) is 1. The molecule has 0 spiro atoms. The Morgan fingerprint density at radius 2 is 1.88 bits per heavy atom. The number of aryl methyl sites for hydroxylation is 1. The summed E-state index contributed by atoms with van der Waals surface area (Å²) in [5, 5.41) is 4.83. The molecule has 0 atom stereocenters. The molecule has 0 bridgehead atoms. The van der Waals surface area contributed by atoms with Crippen molar-refractivity contribution in [3.63, 3.8) is 0 Å². The molecule has 0 fully saturated rings. The number of anilines is 1. The van der Waals surface area contributed by atoms with Crippen LogP contribution in [-0.4, -0.2) is 23.8 Å². The quantitative estimate of drug-likeness (QED) is 0.363. The third-order valence-corrected chi connectivity index (χ3v) is 6.11. The van der Waals surface area contributed by atoms with Gasteiger partial charge >= 0.3 is 0 Å². The predicted octanol–water partition coefficient (Wildman–Crippen LogP) is 5.75. The lowest BCUT2D eigenvalue weighted by atomic mass is 10.1. The molecule has 0 aliphatic carbocycles. The van der Waals surface area contributed by atoms with Gasteiger partial charge in [0.05, 0.1) is 26.5 Å². The molecule has 0 aliphatic rings. The third kappa shape index (κ3) is 5.32. The Hall–Kier alpha value is -3.84. The maximum Gasteiger partial charge on any atom is 0.291 e. The van der Waals surface area contributed by atoms with Gasteiger partial charge in [-0.25, -0.2) is 0 Å². The van der Waals surface area contributed by atoms with Gasteiger partial charge < -0.3 is 19.4 Å². The minimum absolute atomic E-state index is 0.136. The summed E-state index contributed by atoms with van der Waals surface area (Å²) in [5.74, 6) is 0.443. The van der Waals surface area contributed by atoms with Gasteiger partial charge in [0.1, 0.15) is 5.75 Å². The normalized spacial score (nSPS) is 10.6. The number of hydrogen-bond donors (Lipinski definition) is 1. The van der Waals surface area contributed by atoms with E-state index in [1.54, 1.807) is 47.6 Å². The number of furan rings is 1. The molecule has 2 heterocycles. The second-order valence-corrected chi connectivity index (χ2v) is 8.55. The number of amides is 2. The molecule has 168 valence electrons. The van der Waals surface area contributed by atoms with E-state index in [2.05, 4.69) is 5.32 Å². The summed E-state index contributed by atoms with van der Waals surface area (Å²) in [6.45, 7) is 2.74. The summed E-state index contributed by atoms with van der Waals surface area (Å²) >= 11 is 1.60. The van der Waals surface area contributed by atoms with Crippen LogP contribution in [0.4, 0.5) is 5.69 Å². The van der Waals surface area contributed by atoms with Crippen LogP contribution in [0, 0.1) is 6.92 Å². The van der Waals surface area contributed by atoms with Gasteiger partial charge in [-0.05, 0) is 54.3 Å². The van der Waals surface area contributed by atoms with E-state index in [4.69, 9.17) is 9.15 Å². The number of nitrogens with one attached hydrogen (secondary N) is 1. The Balaban J connectivity index is 1.62. The fraction of sp³-hybridized carbons (Fsp3) is 0.154. The molecule has 0 unspecified atom stereocenters. The Kier molecular flexibility index (Phi) is 6.90. The van der Waals surface area contributed by atoms with Crippen LogP contribution in [0.2, 0.25) is 0 Å². The predicted molar refractivity (Wildman–Crippen MR) is 129 cm³/mol. The van der Waals surface area contributed by atoms with Gasteiger partial charge in [0, 0.05) is 21.7 Å². The lowest BCUT2D eigenvalue weighted by Gasteiger charge is -2.24. The summed E-state index contributed by atoms with van der Waals surface area (Å²) in [5.41, 5.74) is 2.82. The molecule has 2 aromatic heterocycles. The average Bonchev–Trinajstić information content (AvgIpc) is 3.54. The first-order valence-corrected chi connectivity index (χ1v) is 11.3. The molecular weight excluding hydrogens is 436 g/mol. The second kappa shape index (κ2) is 10.2. The number of hydrogen-bond acceptors (Lipinski definition) is 5. The Morgan fingerprint density at radius 3 is 2.61 bits per heavy atom. The Morgan fingerprint density at radius 1 is 1.03 bits per heavy atom. The molecule has 0 radical (unpaired) electrons. The van der Waals surface area contributed by atoms with Crippen molar-refractivity contribution in [1.82, 2.24) is 4.90 Å². The number of carbonyl (C=O) groups is 2. The van der Waals surface area contributed by atoms with E-state index in [9.17, 15) is 9.59 Å². The van der Waals surface area contributed by atoms with Crippen molar-refractivity contribution in [1.29, 1.82) is 0 Å². The van der Waals surface area contributed by atoms with Gasteiger partial charge in [0.25, 0.3) is 11.8 Å². The largest absolute Gasteiger partial charge is 0.496 e. The fourth-order valence-electron chi connectivity index (χ4n) is 3.49. The molecule has 1 N–H and O–H groups in total. The van der Waals surface area contributed by atoms with Crippen molar-refractivity contribution in [2.24, 2.45) is 0 Å². The molecule has 2 aromatic carbocycles.